The molecular weight excluding hydrogens is 508 g/mol. The van der Waals surface area contributed by atoms with Crippen LogP contribution < -0.4 is 5.32 Å². The number of alkyl halides is 3. The molecule has 1 unspecified atom stereocenters. The van der Waals surface area contributed by atoms with E-state index < -0.39 is 44.5 Å². The second kappa shape index (κ2) is 9.20. The lowest BCUT2D eigenvalue weighted by molar-refractivity contribution is -0.175. The number of benzene rings is 1. The third-order valence-corrected chi connectivity index (χ3v) is 7.33. The summed E-state index contributed by atoms with van der Waals surface area (Å²) in [5.41, 5.74) is 3.00. The summed E-state index contributed by atoms with van der Waals surface area (Å²) in [6.07, 6.45) is -3.25. The Morgan fingerprint density at radius 1 is 1.23 bits per heavy atom. The van der Waals surface area contributed by atoms with Crippen LogP contribution in [0.5, 0.6) is 0 Å². The van der Waals surface area contributed by atoms with E-state index in [4.69, 9.17) is 9.73 Å². The molecule has 3 rings (SSSR count). The van der Waals surface area contributed by atoms with E-state index in [1.165, 1.54) is 0 Å². The molecule has 0 radical (unpaired) electrons. The molecule has 1 atom stereocenters. The van der Waals surface area contributed by atoms with E-state index in [2.05, 4.69) is 5.32 Å². The molecular formula is C22H26F3IN2O2. The van der Waals surface area contributed by atoms with Gasteiger partial charge in [-0.25, -0.2) is 9.79 Å². The molecule has 1 heterocycles. The maximum absolute atomic E-state index is 13.2. The zero-order valence-electron chi connectivity index (χ0n) is 17.3. The molecule has 0 aromatic heterocycles. The van der Waals surface area contributed by atoms with E-state index in [9.17, 15) is 18.0 Å². The Morgan fingerprint density at radius 2 is 1.93 bits per heavy atom. The summed E-state index contributed by atoms with van der Waals surface area (Å²) >= 11 is -0.579. The summed E-state index contributed by atoms with van der Waals surface area (Å²) in [6, 6.07) is 7.77. The van der Waals surface area contributed by atoms with Crippen LogP contribution in [0.4, 0.5) is 18.0 Å². The van der Waals surface area contributed by atoms with Crippen LogP contribution in [-0.2, 0) is 11.3 Å². The Balaban J connectivity index is 1.65. The molecule has 1 aliphatic carbocycles. The fraction of sp³-hybridized carbons (Fsp3) is 0.500. The summed E-state index contributed by atoms with van der Waals surface area (Å²) in [4.78, 5) is 16.5. The van der Waals surface area contributed by atoms with Gasteiger partial charge in [0.05, 0.1) is 5.92 Å². The van der Waals surface area contributed by atoms with Crippen LogP contribution in [0.15, 0.2) is 38.9 Å². The van der Waals surface area contributed by atoms with Crippen molar-refractivity contribution in [2.75, 3.05) is 0 Å². The molecule has 0 saturated heterocycles. The third-order valence-electron chi connectivity index (χ3n) is 4.82. The van der Waals surface area contributed by atoms with Gasteiger partial charge in [0.25, 0.3) is 0 Å². The number of carbonyl (C=O) groups excluding carboxylic acids is 1. The number of ether oxygens (including phenoxy) is 1. The van der Waals surface area contributed by atoms with Crippen LogP contribution in [0, 0.1) is 5.92 Å². The predicted octanol–water partition coefficient (Wildman–Crippen LogP) is 6.25. The SMILES string of the molecule is CC(C)(C)OC(=O)NCc1ccc(C2=IC=C3CC(C(F)(F)F)CCCC3=N2)cc1. The van der Waals surface area contributed by atoms with Gasteiger partial charge in [0.2, 0.25) is 0 Å². The van der Waals surface area contributed by atoms with Crippen LogP contribution in [0.1, 0.15) is 57.6 Å². The van der Waals surface area contributed by atoms with E-state index >= 15 is 0 Å². The minimum absolute atomic E-state index is 0.0601. The van der Waals surface area contributed by atoms with Crippen molar-refractivity contribution in [1.82, 2.24) is 5.32 Å². The number of hydrogen-bond donors (Lipinski definition) is 1. The molecule has 4 nitrogen and oxygen atoms in total. The van der Waals surface area contributed by atoms with Crippen LogP contribution in [0.3, 0.4) is 0 Å². The van der Waals surface area contributed by atoms with E-state index in [-0.39, 0.29) is 12.8 Å². The second-order valence-corrected chi connectivity index (χ2v) is 10.7. The van der Waals surface area contributed by atoms with Crippen LogP contribution in [0.2, 0.25) is 0 Å². The first-order valence-electron chi connectivity index (χ1n) is 9.91. The standard InChI is InChI=1S/C22H26F3IN2O2/c1-21(2,3)30-20(29)27-13-14-7-9-15(10-8-14)19-26-12-16-11-17(22(23,24)25)5-4-6-18(16)28-19/h7-10,12,17H,4-6,11,13H2,1-3H3,(H,27,29). The number of carbonyl (C=O) groups is 1. The lowest BCUT2D eigenvalue weighted by atomic mass is 9.97. The molecule has 0 spiro atoms. The highest BCUT2D eigenvalue weighted by Crippen LogP contribution is 2.39. The van der Waals surface area contributed by atoms with Gasteiger partial charge in [-0.3, -0.25) is 0 Å². The van der Waals surface area contributed by atoms with Gasteiger partial charge in [0, 0.05) is 17.8 Å². The number of halogens is 4. The Kier molecular flexibility index (Phi) is 7.04. The molecule has 1 aromatic rings. The van der Waals surface area contributed by atoms with Gasteiger partial charge in [0.15, 0.2) is 0 Å². The molecule has 0 bridgehead atoms. The summed E-state index contributed by atoms with van der Waals surface area (Å²) < 4.78 is 47.7. The van der Waals surface area contributed by atoms with Crippen LogP contribution in [0.25, 0.3) is 0 Å². The number of nitrogens with zero attached hydrogens (tertiary/aromatic N) is 1. The minimum atomic E-state index is -4.14. The molecule has 1 saturated carbocycles. The number of rotatable bonds is 3. The number of allylic oxidation sites excluding steroid dienone is 1. The van der Waals surface area contributed by atoms with Gasteiger partial charge < -0.3 is 10.1 Å². The number of hydrogen-bond acceptors (Lipinski definition) is 3. The van der Waals surface area contributed by atoms with Crippen LogP contribution >= 0.6 is 20.7 Å². The quantitative estimate of drug-likeness (QED) is 0.467. The molecule has 8 heteroatoms. The lowest BCUT2D eigenvalue weighted by Crippen LogP contribution is -2.32. The van der Waals surface area contributed by atoms with Gasteiger partial charge >= 0.3 is 12.3 Å². The average Bonchev–Trinajstić information content (AvgIpc) is 2.87. The van der Waals surface area contributed by atoms with Gasteiger partial charge in [-0.05, 0) is 61.7 Å². The largest absolute Gasteiger partial charge is 0.444 e. The van der Waals surface area contributed by atoms with E-state index in [0.717, 1.165) is 26.0 Å². The molecule has 164 valence electrons. The monoisotopic (exact) mass is 534 g/mol. The number of alkyl carbamates (subject to hydrolysis) is 1. The first-order valence-corrected chi connectivity index (χ1v) is 12.2. The fourth-order valence-corrected chi connectivity index (χ4v) is 5.75. The van der Waals surface area contributed by atoms with Crippen molar-refractivity contribution in [3.05, 3.63) is 45.0 Å². The number of aliphatic imine (C=N–C) groups is 1. The predicted molar refractivity (Wildman–Crippen MR) is 121 cm³/mol. The third kappa shape index (κ3) is 6.39. The summed E-state index contributed by atoms with van der Waals surface area (Å²) in [6.45, 7) is 5.79. The van der Waals surface area contributed by atoms with Gasteiger partial charge in [0.1, 0.15) is 9.23 Å². The van der Waals surface area contributed by atoms with Crippen molar-refractivity contribution in [3.63, 3.8) is 0 Å². The second-order valence-electron chi connectivity index (χ2n) is 8.48. The minimum Gasteiger partial charge on any atom is -0.444 e. The van der Waals surface area contributed by atoms with Gasteiger partial charge in [-0.15, -0.1) is 0 Å². The highest BCUT2D eigenvalue weighted by Gasteiger charge is 2.41. The summed E-state index contributed by atoms with van der Waals surface area (Å²) in [5, 5.41) is 2.72. The van der Waals surface area contributed by atoms with Crippen molar-refractivity contribution in [3.8, 4) is 0 Å². The number of nitrogens with one attached hydrogen (secondary N) is 1. The first-order chi connectivity index (χ1) is 14.0. The Bertz CT molecular complexity index is 881. The molecule has 1 amide bonds. The van der Waals surface area contributed by atoms with Crippen molar-refractivity contribution >= 4 is 36.2 Å². The average molecular weight is 534 g/mol. The smallest absolute Gasteiger partial charge is 0.407 e. The summed E-state index contributed by atoms with van der Waals surface area (Å²) in [5.74, 6) is -1.25. The molecule has 2 aliphatic rings. The number of amides is 1. The molecule has 1 aliphatic heterocycles. The highest BCUT2D eigenvalue weighted by atomic mass is 127. The first kappa shape index (κ1) is 23.0. The Labute approximate surface area is 184 Å². The maximum atomic E-state index is 13.2. The zero-order valence-corrected chi connectivity index (χ0v) is 19.4. The highest BCUT2D eigenvalue weighted by molar-refractivity contribution is 14.2. The Morgan fingerprint density at radius 3 is 2.57 bits per heavy atom. The van der Waals surface area contributed by atoms with E-state index in [1.54, 1.807) is 0 Å². The van der Waals surface area contributed by atoms with E-state index in [0.29, 0.717) is 19.4 Å². The molecule has 30 heavy (non-hydrogen) atoms. The summed E-state index contributed by atoms with van der Waals surface area (Å²) in [7, 11) is 0. The lowest BCUT2D eigenvalue weighted by Gasteiger charge is -2.20. The van der Waals surface area contributed by atoms with Crippen LogP contribution in [-0.4, -0.2) is 27.2 Å². The fourth-order valence-electron chi connectivity index (χ4n) is 3.31. The number of fused-ring (bicyclic) bond motifs is 1. The van der Waals surface area contributed by atoms with E-state index in [1.807, 2.05) is 49.1 Å². The van der Waals surface area contributed by atoms with Crippen molar-refractivity contribution < 1.29 is 22.7 Å². The van der Waals surface area contributed by atoms with Gasteiger partial charge in [-0.2, -0.15) is 13.2 Å². The normalized spacial score (nSPS) is 19.9. The Hall–Kier alpha value is -1.71. The molecule has 1 aromatic carbocycles. The van der Waals surface area contributed by atoms with Gasteiger partial charge in [-0.1, -0.05) is 45.0 Å². The maximum Gasteiger partial charge on any atom is 0.407 e. The van der Waals surface area contributed by atoms with Crippen molar-refractivity contribution in [2.45, 2.75) is 64.8 Å². The topological polar surface area (TPSA) is 50.7 Å². The van der Waals surface area contributed by atoms with Crippen molar-refractivity contribution in [2.24, 2.45) is 10.9 Å². The molecule has 1 fully saturated rings. The zero-order chi connectivity index (χ0) is 21.9. The van der Waals surface area contributed by atoms with Crippen molar-refractivity contribution in [1.29, 1.82) is 0 Å². The molecule has 1 N–H and O–H groups in total.